The number of hydrogen-bond donors (Lipinski definition) is 0. The van der Waals surface area contributed by atoms with E-state index < -0.39 is 0 Å². The molecule has 2 bridgehead atoms. The van der Waals surface area contributed by atoms with Gasteiger partial charge in [-0.1, -0.05) is 67.1 Å². The smallest absolute Gasteiger partial charge is 0.000715 e. The predicted octanol–water partition coefficient (Wildman–Crippen LogP) is 5.55. The Labute approximate surface area is 133 Å². The van der Waals surface area contributed by atoms with Crippen molar-refractivity contribution in [3.63, 3.8) is 0 Å². The Bertz CT molecular complexity index is 659. The molecule has 2 aromatic rings. The van der Waals surface area contributed by atoms with Crippen LogP contribution in [0, 0.1) is 17.8 Å². The zero-order valence-electron chi connectivity index (χ0n) is 13.1. The summed E-state index contributed by atoms with van der Waals surface area (Å²) in [6.45, 7) is 0. The second-order valence-corrected chi connectivity index (χ2v) is 7.81. The SMILES string of the molecule is c1ccc(C2CC3(c4ccccc4)CC2C2CCCC23)cc1. The first-order valence-corrected chi connectivity index (χ1v) is 8.99. The van der Waals surface area contributed by atoms with Crippen molar-refractivity contribution in [1.29, 1.82) is 0 Å². The molecule has 5 unspecified atom stereocenters. The molecule has 112 valence electrons. The van der Waals surface area contributed by atoms with Crippen molar-refractivity contribution in [3.05, 3.63) is 71.8 Å². The lowest BCUT2D eigenvalue weighted by Crippen LogP contribution is -2.34. The zero-order valence-corrected chi connectivity index (χ0v) is 13.1. The lowest BCUT2D eigenvalue weighted by Gasteiger charge is -2.40. The van der Waals surface area contributed by atoms with Gasteiger partial charge in [0.25, 0.3) is 0 Å². The summed E-state index contributed by atoms with van der Waals surface area (Å²) in [7, 11) is 0. The van der Waals surface area contributed by atoms with Crippen molar-refractivity contribution in [1.82, 2.24) is 0 Å². The summed E-state index contributed by atoms with van der Waals surface area (Å²) in [4.78, 5) is 0. The second-order valence-electron chi connectivity index (χ2n) is 7.81. The van der Waals surface area contributed by atoms with Gasteiger partial charge in [-0.15, -0.1) is 0 Å². The Hall–Kier alpha value is -1.56. The third-order valence-electron chi connectivity index (χ3n) is 7.11. The van der Waals surface area contributed by atoms with Crippen LogP contribution >= 0.6 is 0 Å². The lowest BCUT2D eigenvalue weighted by molar-refractivity contribution is 0.203. The van der Waals surface area contributed by atoms with E-state index in [1.165, 1.54) is 32.1 Å². The standard InChI is InChI=1S/C22H24/c1-3-8-16(9-4-1)19-14-22(17-10-5-2-6-11-17)15-20(19)18-12-7-13-21(18)22/h1-6,8-11,18-21H,7,12-15H2. The Balaban J connectivity index is 1.60. The molecule has 3 aliphatic carbocycles. The molecule has 0 nitrogen and oxygen atoms in total. The van der Waals surface area contributed by atoms with Crippen molar-refractivity contribution >= 4 is 0 Å². The van der Waals surface area contributed by atoms with Crippen LogP contribution in [0.15, 0.2) is 60.7 Å². The summed E-state index contributed by atoms with van der Waals surface area (Å²) in [6, 6.07) is 22.8. The minimum Gasteiger partial charge on any atom is -0.0622 e. The van der Waals surface area contributed by atoms with E-state index in [-0.39, 0.29) is 0 Å². The van der Waals surface area contributed by atoms with Gasteiger partial charge in [-0.25, -0.2) is 0 Å². The highest BCUT2D eigenvalue weighted by Crippen LogP contribution is 2.70. The molecular formula is C22H24. The molecular weight excluding hydrogens is 264 g/mol. The third kappa shape index (κ3) is 1.64. The Morgan fingerprint density at radius 1 is 0.727 bits per heavy atom. The molecule has 22 heavy (non-hydrogen) atoms. The second kappa shape index (κ2) is 4.72. The summed E-state index contributed by atoms with van der Waals surface area (Å²) < 4.78 is 0. The van der Waals surface area contributed by atoms with Crippen LogP contribution in [-0.4, -0.2) is 0 Å². The van der Waals surface area contributed by atoms with Crippen molar-refractivity contribution in [3.8, 4) is 0 Å². The zero-order chi connectivity index (χ0) is 14.6. The summed E-state index contributed by atoms with van der Waals surface area (Å²) in [5.74, 6) is 3.66. The van der Waals surface area contributed by atoms with Crippen LogP contribution in [0.2, 0.25) is 0 Å². The van der Waals surface area contributed by atoms with Crippen LogP contribution in [0.1, 0.15) is 49.1 Å². The fraction of sp³-hybridized carbons (Fsp3) is 0.455. The Morgan fingerprint density at radius 2 is 1.45 bits per heavy atom. The predicted molar refractivity (Wildman–Crippen MR) is 90.9 cm³/mol. The van der Waals surface area contributed by atoms with Gasteiger partial charge >= 0.3 is 0 Å². The van der Waals surface area contributed by atoms with Gasteiger partial charge in [-0.2, -0.15) is 0 Å². The maximum atomic E-state index is 2.41. The highest BCUT2D eigenvalue weighted by Gasteiger charge is 2.62. The van der Waals surface area contributed by atoms with Crippen LogP contribution in [0.25, 0.3) is 0 Å². The van der Waals surface area contributed by atoms with E-state index >= 15 is 0 Å². The average molecular weight is 288 g/mol. The van der Waals surface area contributed by atoms with Crippen molar-refractivity contribution in [2.24, 2.45) is 17.8 Å². The summed E-state index contributed by atoms with van der Waals surface area (Å²) in [5, 5.41) is 0. The molecule has 0 N–H and O–H groups in total. The van der Waals surface area contributed by atoms with E-state index in [0.29, 0.717) is 5.41 Å². The van der Waals surface area contributed by atoms with Crippen LogP contribution in [0.5, 0.6) is 0 Å². The number of benzene rings is 2. The molecule has 2 aromatic carbocycles. The molecule has 3 fully saturated rings. The van der Waals surface area contributed by atoms with Crippen molar-refractivity contribution < 1.29 is 0 Å². The van der Waals surface area contributed by atoms with Crippen LogP contribution < -0.4 is 0 Å². The van der Waals surface area contributed by atoms with Gasteiger partial charge in [-0.05, 0) is 65.9 Å². The molecule has 0 amide bonds. The van der Waals surface area contributed by atoms with Gasteiger partial charge < -0.3 is 0 Å². The molecule has 0 aliphatic heterocycles. The lowest BCUT2D eigenvalue weighted by atomic mass is 9.64. The van der Waals surface area contributed by atoms with Gasteiger partial charge in [0.15, 0.2) is 0 Å². The molecule has 0 heterocycles. The maximum Gasteiger partial charge on any atom is -0.000715 e. The fourth-order valence-electron chi connectivity index (χ4n) is 6.41. The molecule has 5 rings (SSSR count). The normalized spacial score (nSPS) is 39.1. The monoisotopic (exact) mass is 288 g/mol. The molecule has 0 aromatic heterocycles. The topological polar surface area (TPSA) is 0 Å². The van der Waals surface area contributed by atoms with Gasteiger partial charge in [0.1, 0.15) is 0 Å². The van der Waals surface area contributed by atoms with E-state index in [0.717, 1.165) is 23.7 Å². The fourth-order valence-corrected chi connectivity index (χ4v) is 6.41. The molecule has 3 saturated carbocycles. The summed E-state index contributed by atoms with van der Waals surface area (Å²) >= 11 is 0. The summed E-state index contributed by atoms with van der Waals surface area (Å²) in [6.07, 6.45) is 7.23. The van der Waals surface area contributed by atoms with Crippen LogP contribution in [0.4, 0.5) is 0 Å². The van der Waals surface area contributed by atoms with E-state index in [2.05, 4.69) is 60.7 Å². The first-order chi connectivity index (χ1) is 10.9. The number of rotatable bonds is 2. The van der Waals surface area contributed by atoms with Gasteiger partial charge in [0.05, 0.1) is 0 Å². The third-order valence-corrected chi connectivity index (χ3v) is 7.11. The van der Waals surface area contributed by atoms with Gasteiger partial charge in [-0.3, -0.25) is 0 Å². The average Bonchev–Trinajstić information content (AvgIpc) is 3.28. The molecule has 5 atom stereocenters. The minimum atomic E-state index is 0.480. The van der Waals surface area contributed by atoms with Crippen molar-refractivity contribution in [2.75, 3.05) is 0 Å². The first kappa shape index (κ1) is 12.9. The van der Waals surface area contributed by atoms with Crippen molar-refractivity contribution in [2.45, 2.75) is 43.4 Å². The molecule has 3 aliphatic rings. The Kier molecular flexibility index (Phi) is 2.77. The van der Waals surface area contributed by atoms with E-state index in [1.807, 2.05) is 0 Å². The quantitative estimate of drug-likeness (QED) is 0.680. The number of hydrogen-bond acceptors (Lipinski definition) is 0. The molecule has 0 heteroatoms. The highest BCUT2D eigenvalue weighted by atomic mass is 14.7. The molecule has 0 saturated heterocycles. The van der Waals surface area contributed by atoms with Gasteiger partial charge in [0.2, 0.25) is 0 Å². The minimum absolute atomic E-state index is 0.480. The first-order valence-electron chi connectivity index (χ1n) is 8.99. The number of fused-ring (bicyclic) bond motifs is 5. The van der Waals surface area contributed by atoms with Gasteiger partial charge in [0, 0.05) is 0 Å². The maximum absolute atomic E-state index is 2.41. The highest BCUT2D eigenvalue weighted by molar-refractivity contribution is 5.37. The van der Waals surface area contributed by atoms with Crippen LogP contribution in [-0.2, 0) is 5.41 Å². The van der Waals surface area contributed by atoms with E-state index in [1.54, 1.807) is 11.1 Å². The molecule has 0 spiro atoms. The largest absolute Gasteiger partial charge is 0.0622 e. The molecule has 0 radical (unpaired) electrons. The van der Waals surface area contributed by atoms with E-state index in [9.17, 15) is 0 Å². The van der Waals surface area contributed by atoms with E-state index in [4.69, 9.17) is 0 Å². The Morgan fingerprint density at radius 3 is 2.23 bits per heavy atom. The summed E-state index contributed by atoms with van der Waals surface area (Å²) in [5.41, 5.74) is 3.71. The van der Waals surface area contributed by atoms with Crippen LogP contribution in [0.3, 0.4) is 0 Å².